The van der Waals surface area contributed by atoms with Crippen LogP contribution >= 0.6 is 11.6 Å². The molecule has 212 valence electrons. The highest BCUT2D eigenvalue weighted by Crippen LogP contribution is 2.32. The summed E-state index contributed by atoms with van der Waals surface area (Å²) < 4.78 is 12.5. The second-order valence-electron chi connectivity index (χ2n) is 11.9. The van der Waals surface area contributed by atoms with Crippen molar-refractivity contribution in [3.8, 4) is 17.5 Å². The first-order chi connectivity index (χ1) is 18.7. The molecule has 10 nitrogen and oxygen atoms in total. The van der Waals surface area contributed by atoms with Gasteiger partial charge in [0.05, 0.1) is 23.4 Å². The average Bonchev–Trinajstić information content (AvgIpc) is 3.21. The Balaban J connectivity index is 1.71. The molecule has 2 aromatic heterocycles. The summed E-state index contributed by atoms with van der Waals surface area (Å²) in [6, 6.07) is 8.66. The molecule has 1 aliphatic carbocycles. The topological polar surface area (TPSA) is 131 Å². The van der Waals surface area contributed by atoms with Gasteiger partial charge in [0.25, 0.3) is 0 Å². The number of nitrogens with one attached hydrogen (secondary N) is 2. The van der Waals surface area contributed by atoms with Crippen LogP contribution in [0.5, 0.6) is 0 Å². The van der Waals surface area contributed by atoms with Gasteiger partial charge in [0, 0.05) is 16.5 Å². The van der Waals surface area contributed by atoms with Gasteiger partial charge in [-0.2, -0.15) is 5.26 Å². The van der Waals surface area contributed by atoms with Crippen LogP contribution in [0.25, 0.3) is 22.3 Å². The number of benzene rings is 1. The summed E-state index contributed by atoms with van der Waals surface area (Å²) in [4.78, 5) is 34.9. The Bertz CT molecular complexity index is 1460. The van der Waals surface area contributed by atoms with Crippen LogP contribution in [0.2, 0.25) is 5.02 Å². The van der Waals surface area contributed by atoms with Crippen LogP contribution in [0.1, 0.15) is 72.9 Å². The zero-order valence-corrected chi connectivity index (χ0v) is 24.4. The number of hydrogen-bond donors (Lipinski definition) is 2. The fraction of sp³-hybridized carbons (Fsp3) is 0.483. The molecule has 40 heavy (non-hydrogen) atoms. The summed E-state index contributed by atoms with van der Waals surface area (Å²) >= 11 is 6.23. The van der Waals surface area contributed by atoms with Crippen molar-refractivity contribution in [2.45, 2.75) is 90.5 Å². The lowest BCUT2D eigenvalue weighted by molar-refractivity contribution is 0.0486. The highest BCUT2D eigenvalue weighted by molar-refractivity contribution is 6.31. The van der Waals surface area contributed by atoms with Crippen LogP contribution < -0.4 is 10.6 Å². The molecule has 1 aromatic carbocycles. The number of nitriles is 1. The molecule has 0 spiro atoms. The molecule has 4 rings (SSSR count). The number of fused-ring (bicyclic) bond motifs is 1. The van der Waals surface area contributed by atoms with E-state index in [-0.39, 0.29) is 23.5 Å². The lowest BCUT2D eigenvalue weighted by atomic mass is 9.90. The average molecular weight is 567 g/mol. The molecule has 11 heteroatoms. The number of alkyl carbamates (subject to hydrolysis) is 1. The molecule has 1 fully saturated rings. The SMILES string of the molecule is CC(C)(C)OC(=O)N[C@H]1CCCC[C@H]1Nc1cnc(C#N)c(-c2cc3cc(Cl)ccc3n2C(=O)OC(C)(C)C)n1. The first-order valence-corrected chi connectivity index (χ1v) is 13.7. The third-order valence-corrected chi connectivity index (χ3v) is 6.50. The molecular formula is C29H35ClN6O4. The minimum absolute atomic E-state index is 0.0522. The number of rotatable bonds is 4. The molecule has 3 aromatic rings. The molecule has 2 atom stereocenters. The van der Waals surface area contributed by atoms with Crippen LogP contribution in [-0.2, 0) is 9.47 Å². The monoisotopic (exact) mass is 566 g/mol. The lowest BCUT2D eigenvalue weighted by Crippen LogP contribution is -2.49. The Hall–Kier alpha value is -3.84. The van der Waals surface area contributed by atoms with Crippen molar-refractivity contribution in [1.82, 2.24) is 19.9 Å². The number of halogens is 1. The number of carbonyl (C=O) groups excluding carboxylic acids is 2. The van der Waals surface area contributed by atoms with Gasteiger partial charge in [0.2, 0.25) is 0 Å². The van der Waals surface area contributed by atoms with E-state index in [1.165, 1.54) is 10.8 Å². The third kappa shape index (κ3) is 7.02. The Morgan fingerprint density at radius 2 is 1.73 bits per heavy atom. The number of carbonyl (C=O) groups is 2. The third-order valence-electron chi connectivity index (χ3n) is 6.26. The van der Waals surface area contributed by atoms with Gasteiger partial charge in [0.1, 0.15) is 28.8 Å². The van der Waals surface area contributed by atoms with Gasteiger partial charge in [-0.25, -0.2) is 24.1 Å². The second kappa shape index (κ2) is 11.3. The maximum absolute atomic E-state index is 13.4. The highest BCUT2D eigenvalue weighted by atomic mass is 35.5. The summed E-state index contributed by atoms with van der Waals surface area (Å²) in [6.07, 6.45) is 3.93. The van der Waals surface area contributed by atoms with E-state index in [1.807, 2.05) is 20.8 Å². The normalized spacial score (nSPS) is 17.6. The Morgan fingerprint density at radius 1 is 1.05 bits per heavy atom. The van der Waals surface area contributed by atoms with Crippen LogP contribution in [0.15, 0.2) is 30.5 Å². The standard InChI is InChI=1S/C29H35ClN6O4/c1-28(2,3)39-26(37)34-20-10-8-7-9-19(20)33-24-16-32-21(15-31)25(35-24)23-14-17-13-18(30)11-12-22(17)36(23)27(38)40-29(4,5)6/h11-14,16,19-20H,7-10H2,1-6H3,(H,33,35)(H,34,37)/t19-,20+/m1/s1. The summed E-state index contributed by atoms with van der Waals surface area (Å²) in [5.41, 5.74) is -0.166. The number of anilines is 1. The van der Waals surface area contributed by atoms with Crippen molar-refractivity contribution in [3.05, 3.63) is 41.2 Å². The van der Waals surface area contributed by atoms with E-state index in [2.05, 4.69) is 21.7 Å². The summed E-state index contributed by atoms with van der Waals surface area (Å²) in [5, 5.41) is 17.4. The molecule has 0 saturated heterocycles. The predicted octanol–water partition coefficient (Wildman–Crippen LogP) is 6.65. The van der Waals surface area contributed by atoms with E-state index < -0.39 is 23.4 Å². The minimum atomic E-state index is -0.748. The minimum Gasteiger partial charge on any atom is -0.444 e. The largest absolute Gasteiger partial charge is 0.444 e. The van der Waals surface area contributed by atoms with E-state index in [1.54, 1.807) is 45.0 Å². The van der Waals surface area contributed by atoms with Gasteiger partial charge in [-0.15, -0.1) is 0 Å². The molecule has 1 aliphatic rings. The molecule has 0 unspecified atom stereocenters. The lowest BCUT2D eigenvalue weighted by Gasteiger charge is -2.33. The maximum Gasteiger partial charge on any atom is 0.419 e. The Labute approximate surface area is 239 Å². The summed E-state index contributed by atoms with van der Waals surface area (Å²) in [6.45, 7) is 10.8. The molecule has 2 heterocycles. The first kappa shape index (κ1) is 29.2. The van der Waals surface area contributed by atoms with E-state index >= 15 is 0 Å². The second-order valence-corrected chi connectivity index (χ2v) is 12.3. The first-order valence-electron chi connectivity index (χ1n) is 13.3. The number of nitrogens with zero attached hydrogens (tertiary/aromatic N) is 4. The molecule has 1 amide bonds. The van der Waals surface area contributed by atoms with Gasteiger partial charge < -0.3 is 20.1 Å². The molecule has 0 aliphatic heterocycles. The fourth-order valence-corrected chi connectivity index (χ4v) is 4.89. The predicted molar refractivity (Wildman–Crippen MR) is 153 cm³/mol. The zero-order valence-electron chi connectivity index (χ0n) is 23.7. The van der Waals surface area contributed by atoms with Crippen molar-refractivity contribution in [2.24, 2.45) is 0 Å². The number of hydrogen-bond acceptors (Lipinski definition) is 8. The number of ether oxygens (including phenoxy) is 2. The van der Waals surface area contributed by atoms with Crippen molar-refractivity contribution >= 4 is 40.5 Å². The van der Waals surface area contributed by atoms with E-state index in [4.69, 9.17) is 26.1 Å². The van der Waals surface area contributed by atoms with E-state index in [0.29, 0.717) is 27.4 Å². The van der Waals surface area contributed by atoms with Gasteiger partial charge in [-0.05, 0) is 78.6 Å². The molecule has 2 N–H and O–H groups in total. The van der Waals surface area contributed by atoms with E-state index in [0.717, 1.165) is 25.7 Å². The maximum atomic E-state index is 13.4. The zero-order chi connectivity index (χ0) is 29.2. The van der Waals surface area contributed by atoms with Crippen LogP contribution in [0, 0.1) is 11.3 Å². The van der Waals surface area contributed by atoms with Crippen molar-refractivity contribution in [1.29, 1.82) is 5.26 Å². The number of amides is 1. The smallest absolute Gasteiger partial charge is 0.419 e. The fourth-order valence-electron chi connectivity index (χ4n) is 4.71. The van der Waals surface area contributed by atoms with Crippen molar-refractivity contribution < 1.29 is 19.1 Å². The van der Waals surface area contributed by atoms with Gasteiger partial charge >= 0.3 is 12.2 Å². The number of aromatic nitrogens is 3. The Morgan fingerprint density at radius 3 is 2.38 bits per heavy atom. The molecule has 1 saturated carbocycles. The van der Waals surface area contributed by atoms with Crippen LogP contribution in [0.4, 0.5) is 15.4 Å². The van der Waals surface area contributed by atoms with Crippen molar-refractivity contribution in [3.63, 3.8) is 0 Å². The molecule has 0 radical (unpaired) electrons. The van der Waals surface area contributed by atoms with Crippen LogP contribution in [0.3, 0.4) is 0 Å². The van der Waals surface area contributed by atoms with Gasteiger partial charge in [0.15, 0.2) is 5.69 Å². The van der Waals surface area contributed by atoms with Crippen LogP contribution in [-0.4, -0.2) is 50.0 Å². The summed E-state index contributed by atoms with van der Waals surface area (Å²) in [5.74, 6) is 0.413. The molecular weight excluding hydrogens is 532 g/mol. The highest BCUT2D eigenvalue weighted by Gasteiger charge is 2.30. The van der Waals surface area contributed by atoms with Crippen molar-refractivity contribution in [2.75, 3.05) is 5.32 Å². The Kier molecular flexibility index (Phi) is 8.26. The quantitative estimate of drug-likeness (QED) is 0.358. The van der Waals surface area contributed by atoms with Gasteiger partial charge in [-0.3, -0.25) is 0 Å². The molecule has 0 bridgehead atoms. The van der Waals surface area contributed by atoms with Gasteiger partial charge in [-0.1, -0.05) is 24.4 Å². The summed E-state index contributed by atoms with van der Waals surface area (Å²) in [7, 11) is 0. The van der Waals surface area contributed by atoms with E-state index in [9.17, 15) is 14.9 Å².